The topological polar surface area (TPSA) is 30.9 Å². The highest BCUT2D eigenvalue weighted by Crippen LogP contribution is 2.36. The fourth-order valence-electron chi connectivity index (χ4n) is 3.14. The van der Waals surface area contributed by atoms with Crippen LogP contribution >= 0.6 is 23.4 Å². The zero-order valence-corrected chi connectivity index (χ0v) is 14.8. The van der Waals surface area contributed by atoms with Gasteiger partial charge in [-0.15, -0.1) is 0 Å². The number of halogens is 1. The highest BCUT2D eigenvalue weighted by atomic mass is 35.5. The molecule has 1 aromatic heterocycles. The Balaban J connectivity index is 2.30. The molecule has 2 nitrogen and oxygen atoms in total. The van der Waals surface area contributed by atoms with Crippen LogP contribution in [-0.4, -0.2) is 23.1 Å². The number of nitrogens with two attached hydrogens (primary N) is 1. The Morgan fingerprint density at radius 3 is 2.61 bits per heavy atom. The zero-order valence-electron chi connectivity index (χ0n) is 13.3. The lowest BCUT2D eigenvalue weighted by molar-refractivity contribution is 0.741. The molecule has 0 fully saturated rings. The van der Waals surface area contributed by atoms with Gasteiger partial charge in [-0.2, -0.15) is 11.8 Å². The molecule has 0 saturated heterocycles. The molecule has 0 unspecified atom stereocenters. The van der Waals surface area contributed by atoms with Gasteiger partial charge in [0, 0.05) is 45.9 Å². The van der Waals surface area contributed by atoms with Crippen LogP contribution in [0.4, 0.5) is 0 Å². The summed E-state index contributed by atoms with van der Waals surface area (Å²) in [6.45, 7) is 1.63. The van der Waals surface area contributed by atoms with Crippen LogP contribution < -0.4 is 5.73 Å². The van der Waals surface area contributed by atoms with E-state index in [-0.39, 0.29) is 0 Å². The third kappa shape index (κ3) is 3.27. The lowest BCUT2D eigenvalue weighted by Crippen LogP contribution is -2.11. The van der Waals surface area contributed by atoms with E-state index in [4.69, 9.17) is 17.3 Å². The summed E-state index contributed by atoms with van der Waals surface area (Å²) in [6.07, 6.45) is 3.01. The lowest BCUT2D eigenvalue weighted by atomic mass is 10.0. The Morgan fingerprint density at radius 2 is 1.91 bits per heavy atom. The fraction of sp³-hybridized carbons (Fsp3) is 0.263. The molecule has 0 amide bonds. The minimum Gasteiger partial charge on any atom is -0.343 e. The molecule has 0 aliphatic carbocycles. The Labute approximate surface area is 146 Å². The molecule has 0 atom stereocenters. The quantitative estimate of drug-likeness (QED) is 0.694. The normalized spacial score (nSPS) is 11.3. The number of thioether (sulfide) groups is 1. The molecule has 2 aromatic carbocycles. The van der Waals surface area contributed by atoms with Gasteiger partial charge in [0.15, 0.2) is 0 Å². The molecule has 0 aliphatic rings. The molecule has 120 valence electrons. The molecule has 2 N–H and O–H groups in total. The van der Waals surface area contributed by atoms with E-state index in [1.165, 1.54) is 27.7 Å². The maximum Gasteiger partial charge on any atom is 0.0490 e. The van der Waals surface area contributed by atoms with Crippen LogP contribution in [-0.2, 0) is 13.0 Å². The molecular formula is C19H21ClN2S. The first kappa shape index (κ1) is 16.4. The summed E-state index contributed by atoms with van der Waals surface area (Å²) in [5, 5.41) is 1.99. The first-order valence-electron chi connectivity index (χ1n) is 7.81. The van der Waals surface area contributed by atoms with Gasteiger partial charge >= 0.3 is 0 Å². The summed E-state index contributed by atoms with van der Waals surface area (Å²) in [6, 6.07) is 16.7. The van der Waals surface area contributed by atoms with E-state index in [9.17, 15) is 0 Å². The van der Waals surface area contributed by atoms with E-state index >= 15 is 0 Å². The largest absolute Gasteiger partial charge is 0.343 e. The van der Waals surface area contributed by atoms with E-state index in [1.54, 1.807) is 0 Å². The molecule has 0 saturated carbocycles. The maximum absolute atomic E-state index is 6.28. The highest BCUT2D eigenvalue weighted by molar-refractivity contribution is 7.98. The maximum atomic E-state index is 6.28. The van der Waals surface area contributed by atoms with Gasteiger partial charge in [-0.1, -0.05) is 41.9 Å². The minimum absolute atomic E-state index is 0.642. The van der Waals surface area contributed by atoms with Crippen molar-refractivity contribution >= 4 is 34.3 Å². The predicted molar refractivity (Wildman–Crippen MR) is 104 cm³/mol. The number of fused-ring (bicyclic) bond motifs is 1. The van der Waals surface area contributed by atoms with Gasteiger partial charge in [-0.25, -0.2) is 0 Å². The average molecular weight is 345 g/mol. The Morgan fingerprint density at radius 1 is 1.13 bits per heavy atom. The van der Waals surface area contributed by atoms with Crippen molar-refractivity contribution in [3.8, 4) is 11.1 Å². The van der Waals surface area contributed by atoms with Crippen LogP contribution in [0.15, 0.2) is 48.5 Å². The number of benzene rings is 2. The van der Waals surface area contributed by atoms with Gasteiger partial charge in [0.25, 0.3) is 0 Å². The molecule has 1 heterocycles. The van der Waals surface area contributed by atoms with Crippen LogP contribution in [0.5, 0.6) is 0 Å². The van der Waals surface area contributed by atoms with Crippen molar-refractivity contribution in [3.05, 3.63) is 59.2 Å². The smallest absolute Gasteiger partial charge is 0.0490 e. The van der Waals surface area contributed by atoms with E-state index < -0.39 is 0 Å². The van der Waals surface area contributed by atoms with Crippen molar-refractivity contribution in [2.45, 2.75) is 13.0 Å². The van der Waals surface area contributed by atoms with Gasteiger partial charge < -0.3 is 10.3 Å². The Kier molecular flexibility index (Phi) is 5.31. The summed E-state index contributed by atoms with van der Waals surface area (Å²) < 4.78 is 2.41. The first-order valence-corrected chi connectivity index (χ1v) is 9.58. The van der Waals surface area contributed by atoms with Gasteiger partial charge in [0.2, 0.25) is 0 Å². The van der Waals surface area contributed by atoms with Gasteiger partial charge in [-0.3, -0.25) is 0 Å². The summed E-state index contributed by atoms with van der Waals surface area (Å²) >= 11 is 8.14. The van der Waals surface area contributed by atoms with E-state index in [2.05, 4.69) is 47.2 Å². The lowest BCUT2D eigenvalue weighted by Gasteiger charge is -2.11. The van der Waals surface area contributed by atoms with E-state index in [0.717, 1.165) is 23.7 Å². The molecule has 3 aromatic rings. The van der Waals surface area contributed by atoms with Crippen LogP contribution in [0.3, 0.4) is 0 Å². The third-order valence-electron chi connectivity index (χ3n) is 4.10. The number of aryl methyl sites for hydroxylation is 1. The molecule has 23 heavy (non-hydrogen) atoms. The Bertz CT molecular complexity index is 796. The number of hydrogen-bond donors (Lipinski definition) is 1. The summed E-state index contributed by atoms with van der Waals surface area (Å²) in [5.74, 6) is 1.08. The first-order chi connectivity index (χ1) is 11.3. The Hall–Kier alpha value is -1.42. The van der Waals surface area contributed by atoms with Gasteiger partial charge in [0.05, 0.1) is 0 Å². The van der Waals surface area contributed by atoms with Crippen molar-refractivity contribution in [2.75, 3.05) is 18.6 Å². The number of aromatic nitrogens is 1. The van der Waals surface area contributed by atoms with Crippen LogP contribution in [0.1, 0.15) is 5.69 Å². The van der Waals surface area contributed by atoms with Crippen molar-refractivity contribution < 1.29 is 0 Å². The second-order valence-corrected chi connectivity index (χ2v) is 6.95. The van der Waals surface area contributed by atoms with Crippen molar-refractivity contribution in [1.82, 2.24) is 4.57 Å². The predicted octanol–water partition coefficient (Wildman–Crippen LogP) is 4.83. The van der Waals surface area contributed by atoms with Crippen molar-refractivity contribution in [2.24, 2.45) is 5.73 Å². The number of nitrogens with zero attached hydrogens (tertiary/aromatic N) is 1. The summed E-state index contributed by atoms with van der Waals surface area (Å²) in [4.78, 5) is 0. The minimum atomic E-state index is 0.642. The molecule has 0 spiro atoms. The third-order valence-corrected chi connectivity index (χ3v) is 4.92. The molecular weight excluding hydrogens is 324 g/mol. The molecule has 0 bridgehead atoms. The SMILES string of the molecule is CSCCn1c(CCN)c(-c2ccccc2)c2cc(Cl)ccc21. The standard InChI is InChI=1S/C19H21ClN2S/c1-23-12-11-22-17-8-7-15(20)13-16(17)19(18(22)9-10-21)14-5-3-2-4-6-14/h2-8,13H,9-12,21H2,1H3. The molecule has 0 radical (unpaired) electrons. The highest BCUT2D eigenvalue weighted by Gasteiger charge is 2.18. The van der Waals surface area contributed by atoms with Gasteiger partial charge in [0.1, 0.15) is 0 Å². The second-order valence-electron chi connectivity index (χ2n) is 5.53. The monoisotopic (exact) mass is 344 g/mol. The van der Waals surface area contributed by atoms with Gasteiger partial charge in [-0.05, 0) is 36.6 Å². The van der Waals surface area contributed by atoms with Crippen molar-refractivity contribution in [1.29, 1.82) is 0 Å². The molecule has 4 heteroatoms. The van der Waals surface area contributed by atoms with E-state index in [0.29, 0.717) is 6.54 Å². The zero-order chi connectivity index (χ0) is 16.2. The number of hydrogen-bond acceptors (Lipinski definition) is 2. The summed E-state index contributed by atoms with van der Waals surface area (Å²) in [7, 11) is 0. The fourth-order valence-corrected chi connectivity index (χ4v) is 3.68. The number of rotatable bonds is 6. The summed E-state index contributed by atoms with van der Waals surface area (Å²) in [5.41, 5.74) is 11.0. The second kappa shape index (κ2) is 7.43. The van der Waals surface area contributed by atoms with Crippen LogP contribution in [0.2, 0.25) is 5.02 Å². The average Bonchev–Trinajstić information content (AvgIpc) is 2.86. The molecule has 3 rings (SSSR count). The van der Waals surface area contributed by atoms with Crippen LogP contribution in [0.25, 0.3) is 22.0 Å². The van der Waals surface area contributed by atoms with Crippen molar-refractivity contribution in [3.63, 3.8) is 0 Å². The van der Waals surface area contributed by atoms with Crippen LogP contribution in [0, 0.1) is 0 Å². The van der Waals surface area contributed by atoms with E-state index in [1.807, 2.05) is 23.9 Å². The molecule has 0 aliphatic heterocycles.